The monoisotopic (exact) mass is 172 g/mol. The summed E-state index contributed by atoms with van der Waals surface area (Å²) in [5, 5.41) is 9.47. The summed E-state index contributed by atoms with van der Waals surface area (Å²) in [4.78, 5) is 12.7. The van der Waals surface area contributed by atoms with E-state index in [9.17, 15) is 9.90 Å². The second kappa shape index (κ2) is 3.87. The van der Waals surface area contributed by atoms with Crippen molar-refractivity contribution < 1.29 is 9.90 Å². The van der Waals surface area contributed by atoms with Gasteiger partial charge < -0.3 is 15.7 Å². The summed E-state index contributed by atoms with van der Waals surface area (Å²) >= 11 is 0. The van der Waals surface area contributed by atoms with Crippen LogP contribution in [0.4, 0.5) is 0 Å². The molecule has 1 aliphatic heterocycles. The zero-order valence-corrected chi connectivity index (χ0v) is 7.36. The molecule has 0 radical (unpaired) electrons. The summed E-state index contributed by atoms with van der Waals surface area (Å²) < 4.78 is 0. The summed E-state index contributed by atoms with van der Waals surface area (Å²) in [5.74, 6) is 0.172. The van der Waals surface area contributed by atoms with Crippen molar-refractivity contribution in [3.8, 4) is 0 Å². The minimum Gasteiger partial charge on any atom is -0.391 e. The molecule has 0 spiro atoms. The molecule has 0 aromatic carbocycles. The van der Waals surface area contributed by atoms with E-state index in [4.69, 9.17) is 5.73 Å². The molecule has 1 saturated heterocycles. The molecule has 70 valence electrons. The van der Waals surface area contributed by atoms with Gasteiger partial charge in [-0.05, 0) is 6.42 Å². The first kappa shape index (κ1) is 9.48. The Morgan fingerprint density at radius 1 is 1.67 bits per heavy atom. The molecule has 1 fully saturated rings. The molecule has 0 bridgehead atoms. The molecule has 1 rings (SSSR count). The van der Waals surface area contributed by atoms with Gasteiger partial charge in [0.25, 0.3) is 0 Å². The Hall–Kier alpha value is -0.610. The highest BCUT2D eigenvalue weighted by Gasteiger charge is 2.31. The van der Waals surface area contributed by atoms with Gasteiger partial charge in [0.2, 0.25) is 5.91 Å². The van der Waals surface area contributed by atoms with Crippen molar-refractivity contribution in [2.24, 2.45) is 11.7 Å². The molecule has 2 atom stereocenters. The zero-order chi connectivity index (χ0) is 9.14. The van der Waals surface area contributed by atoms with Gasteiger partial charge in [-0.1, -0.05) is 6.92 Å². The SMILES string of the molecule is CCC1CN(C(=O)CN)CC1O. The molecule has 1 heterocycles. The predicted molar refractivity (Wildman–Crippen MR) is 45.4 cm³/mol. The predicted octanol–water partition coefficient (Wildman–Crippen LogP) is -0.826. The number of amides is 1. The molecular formula is C8H16N2O2. The van der Waals surface area contributed by atoms with E-state index in [1.54, 1.807) is 4.90 Å². The minimum atomic E-state index is -0.356. The lowest BCUT2D eigenvalue weighted by atomic mass is 10.0. The molecule has 0 aliphatic carbocycles. The Morgan fingerprint density at radius 2 is 2.33 bits per heavy atom. The number of carbonyl (C=O) groups excluding carboxylic acids is 1. The molecule has 0 saturated carbocycles. The Bertz CT molecular complexity index is 172. The second-order valence-corrected chi connectivity index (χ2v) is 3.24. The van der Waals surface area contributed by atoms with Crippen LogP contribution in [0.3, 0.4) is 0 Å². The van der Waals surface area contributed by atoms with E-state index >= 15 is 0 Å². The zero-order valence-electron chi connectivity index (χ0n) is 7.36. The van der Waals surface area contributed by atoms with Gasteiger partial charge in [0.1, 0.15) is 0 Å². The van der Waals surface area contributed by atoms with Crippen molar-refractivity contribution in [2.75, 3.05) is 19.6 Å². The molecule has 0 aromatic heterocycles. The highest BCUT2D eigenvalue weighted by Crippen LogP contribution is 2.19. The number of hydrogen-bond donors (Lipinski definition) is 2. The number of aliphatic hydroxyl groups excluding tert-OH is 1. The van der Waals surface area contributed by atoms with Crippen molar-refractivity contribution in [1.82, 2.24) is 4.90 Å². The van der Waals surface area contributed by atoms with Crippen LogP contribution in [0.25, 0.3) is 0 Å². The summed E-state index contributed by atoms with van der Waals surface area (Å²) in [6.45, 7) is 3.18. The van der Waals surface area contributed by atoms with E-state index in [1.807, 2.05) is 6.92 Å². The van der Waals surface area contributed by atoms with Gasteiger partial charge in [-0.3, -0.25) is 4.79 Å². The van der Waals surface area contributed by atoms with Crippen LogP contribution in [0.2, 0.25) is 0 Å². The number of nitrogens with zero attached hydrogens (tertiary/aromatic N) is 1. The number of carbonyl (C=O) groups is 1. The lowest BCUT2D eigenvalue weighted by molar-refractivity contribution is -0.129. The maximum absolute atomic E-state index is 11.1. The molecule has 3 N–H and O–H groups in total. The molecule has 4 heteroatoms. The Kier molecular flexibility index (Phi) is 3.05. The standard InChI is InChI=1S/C8H16N2O2/c1-2-6-4-10(5-7(6)11)8(12)3-9/h6-7,11H,2-5,9H2,1H3. The fraction of sp³-hybridized carbons (Fsp3) is 0.875. The number of rotatable bonds is 2. The van der Waals surface area contributed by atoms with Gasteiger partial charge in [0.15, 0.2) is 0 Å². The lowest BCUT2D eigenvalue weighted by Crippen LogP contribution is -2.34. The smallest absolute Gasteiger partial charge is 0.236 e. The van der Waals surface area contributed by atoms with Crippen molar-refractivity contribution in [1.29, 1.82) is 0 Å². The van der Waals surface area contributed by atoms with Gasteiger partial charge in [-0.2, -0.15) is 0 Å². The molecule has 0 aromatic rings. The first-order valence-corrected chi connectivity index (χ1v) is 4.35. The fourth-order valence-corrected chi connectivity index (χ4v) is 1.59. The van der Waals surface area contributed by atoms with E-state index in [2.05, 4.69) is 0 Å². The Morgan fingerprint density at radius 3 is 2.75 bits per heavy atom. The highest BCUT2D eigenvalue weighted by atomic mass is 16.3. The number of likely N-dealkylation sites (tertiary alicyclic amines) is 1. The van der Waals surface area contributed by atoms with E-state index < -0.39 is 0 Å². The maximum Gasteiger partial charge on any atom is 0.236 e. The third-order valence-corrected chi connectivity index (χ3v) is 2.46. The summed E-state index contributed by atoms with van der Waals surface area (Å²) in [7, 11) is 0. The molecule has 1 amide bonds. The summed E-state index contributed by atoms with van der Waals surface area (Å²) in [6.07, 6.45) is 0.556. The number of aliphatic hydroxyl groups is 1. The first-order valence-electron chi connectivity index (χ1n) is 4.35. The average Bonchev–Trinajstić information content (AvgIpc) is 2.45. The quantitative estimate of drug-likeness (QED) is 0.571. The maximum atomic E-state index is 11.1. The Labute approximate surface area is 72.3 Å². The third-order valence-electron chi connectivity index (χ3n) is 2.46. The van der Waals surface area contributed by atoms with Crippen molar-refractivity contribution in [2.45, 2.75) is 19.4 Å². The van der Waals surface area contributed by atoms with Crippen LogP contribution in [0.15, 0.2) is 0 Å². The summed E-state index contributed by atoms with van der Waals surface area (Å²) in [6, 6.07) is 0. The van der Waals surface area contributed by atoms with Crippen molar-refractivity contribution in [3.05, 3.63) is 0 Å². The Balaban J connectivity index is 2.48. The van der Waals surface area contributed by atoms with Crippen LogP contribution in [0, 0.1) is 5.92 Å². The molecule has 1 aliphatic rings. The van der Waals surface area contributed by atoms with E-state index in [1.165, 1.54) is 0 Å². The highest BCUT2D eigenvalue weighted by molar-refractivity contribution is 5.78. The van der Waals surface area contributed by atoms with Crippen LogP contribution >= 0.6 is 0 Å². The summed E-state index contributed by atoms with van der Waals surface area (Å²) in [5.41, 5.74) is 5.21. The third kappa shape index (κ3) is 1.76. The van der Waals surface area contributed by atoms with Crippen LogP contribution in [0.1, 0.15) is 13.3 Å². The normalized spacial score (nSPS) is 29.4. The molecular weight excluding hydrogens is 156 g/mol. The molecule has 2 unspecified atom stereocenters. The van der Waals surface area contributed by atoms with E-state index in [0.29, 0.717) is 13.1 Å². The topological polar surface area (TPSA) is 66.6 Å². The van der Waals surface area contributed by atoms with Crippen LogP contribution in [-0.2, 0) is 4.79 Å². The number of β-amino-alcohol motifs (C(OH)–C–C–N with tert-alkyl or cyclic N) is 1. The second-order valence-electron chi connectivity index (χ2n) is 3.24. The van der Waals surface area contributed by atoms with Crippen molar-refractivity contribution in [3.63, 3.8) is 0 Å². The molecule has 12 heavy (non-hydrogen) atoms. The lowest BCUT2D eigenvalue weighted by Gasteiger charge is -2.13. The van der Waals surface area contributed by atoms with Gasteiger partial charge in [0, 0.05) is 19.0 Å². The van der Waals surface area contributed by atoms with Crippen LogP contribution in [-0.4, -0.2) is 41.7 Å². The van der Waals surface area contributed by atoms with Gasteiger partial charge in [-0.25, -0.2) is 0 Å². The number of nitrogens with two attached hydrogens (primary N) is 1. The first-order chi connectivity index (χ1) is 5.69. The number of hydrogen-bond acceptors (Lipinski definition) is 3. The van der Waals surface area contributed by atoms with Gasteiger partial charge in [-0.15, -0.1) is 0 Å². The van der Waals surface area contributed by atoms with Crippen LogP contribution < -0.4 is 5.73 Å². The molecule has 4 nitrogen and oxygen atoms in total. The minimum absolute atomic E-state index is 0.0448. The van der Waals surface area contributed by atoms with E-state index in [-0.39, 0.29) is 24.5 Å². The average molecular weight is 172 g/mol. The van der Waals surface area contributed by atoms with Crippen molar-refractivity contribution >= 4 is 5.91 Å². The van der Waals surface area contributed by atoms with Crippen LogP contribution in [0.5, 0.6) is 0 Å². The largest absolute Gasteiger partial charge is 0.391 e. The van der Waals surface area contributed by atoms with E-state index in [0.717, 1.165) is 6.42 Å². The fourth-order valence-electron chi connectivity index (χ4n) is 1.59. The van der Waals surface area contributed by atoms with Gasteiger partial charge >= 0.3 is 0 Å². The van der Waals surface area contributed by atoms with Gasteiger partial charge in [0.05, 0.1) is 12.6 Å².